The second-order valence-corrected chi connectivity index (χ2v) is 8.19. The third-order valence-corrected chi connectivity index (χ3v) is 6.16. The summed E-state index contributed by atoms with van der Waals surface area (Å²) < 4.78 is 0. The molecule has 150 valence electrons. The minimum Gasteiger partial charge on any atom is -0.394 e. The van der Waals surface area contributed by atoms with Crippen molar-refractivity contribution in [2.24, 2.45) is 5.73 Å². The average molecular weight is 386 g/mol. The normalized spacial score (nSPS) is 25.0. The van der Waals surface area contributed by atoms with Gasteiger partial charge in [0.2, 0.25) is 11.8 Å². The van der Waals surface area contributed by atoms with Crippen LogP contribution in [0.4, 0.5) is 0 Å². The molecule has 3 heterocycles. The van der Waals surface area contributed by atoms with E-state index in [0.717, 1.165) is 43.6 Å². The molecule has 2 fully saturated rings. The highest BCUT2D eigenvalue weighted by molar-refractivity contribution is 6.05. The largest absolute Gasteiger partial charge is 0.394 e. The molecule has 8 nitrogen and oxygen atoms in total. The van der Waals surface area contributed by atoms with E-state index in [1.165, 1.54) is 0 Å². The Hall–Kier alpha value is -2.29. The van der Waals surface area contributed by atoms with Gasteiger partial charge in [0.05, 0.1) is 6.61 Å². The fourth-order valence-corrected chi connectivity index (χ4v) is 4.30. The van der Waals surface area contributed by atoms with Gasteiger partial charge in [-0.2, -0.15) is 0 Å². The van der Waals surface area contributed by atoms with Crippen LogP contribution >= 0.6 is 0 Å². The van der Waals surface area contributed by atoms with Crippen molar-refractivity contribution in [2.75, 3.05) is 19.7 Å². The van der Waals surface area contributed by atoms with Gasteiger partial charge in [-0.15, -0.1) is 0 Å². The number of hydrogen-bond donors (Lipinski definition) is 3. The lowest BCUT2D eigenvalue weighted by molar-refractivity contribution is -0.136. The minimum absolute atomic E-state index is 0.0119. The molecule has 1 aromatic carbocycles. The fraction of sp³-hybridized carbons (Fsp3) is 0.550. The smallest absolute Gasteiger partial charge is 0.255 e. The molecule has 3 amide bonds. The molecular weight excluding hydrogens is 360 g/mol. The van der Waals surface area contributed by atoms with Crippen LogP contribution in [0.2, 0.25) is 0 Å². The van der Waals surface area contributed by atoms with Gasteiger partial charge in [0.1, 0.15) is 6.04 Å². The van der Waals surface area contributed by atoms with Crippen molar-refractivity contribution in [3.63, 3.8) is 0 Å². The number of benzene rings is 1. The summed E-state index contributed by atoms with van der Waals surface area (Å²) in [6, 6.07) is 5.25. The lowest BCUT2D eigenvalue weighted by Crippen LogP contribution is -2.52. The zero-order chi connectivity index (χ0) is 19.9. The van der Waals surface area contributed by atoms with Gasteiger partial charge in [-0.05, 0) is 36.5 Å². The number of nitrogens with zero attached hydrogens (tertiary/aromatic N) is 2. The zero-order valence-corrected chi connectivity index (χ0v) is 15.8. The summed E-state index contributed by atoms with van der Waals surface area (Å²) in [5.41, 5.74) is 8.34. The number of amides is 3. The number of rotatable bonds is 4. The molecule has 1 atom stereocenters. The summed E-state index contributed by atoms with van der Waals surface area (Å²) in [5, 5.41) is 11.7. The SMILES string of the molecule is NC1(CO)CCN(Cc2ccc3c(c2)CN(C2CCC(=O)NC2=O)C3=O)CC1. The average Bonchev–Trinajstić information content (AvgIpc) is 3.00. The molecule has 1 aromatic rings. The summed E-state index contributed by atoms with van der Waals surface area (Å²) in [4.78, 5) is 40.1. The van der Waals surface area contributed by atoms with Crippen molar-refractivity contribution >= 4 is 17.7 Å². The Morgan fingerprint density at radius 2 is 1.96 bits per heavy atom. The van der Waals surface area contributed by atoms with Crippen LogP contribution in [0.5, 0.6) is 0 Å². The molecule has 0 aliphatic carbocycles. The lowest BCUT2D eigenvalue weighted by atomic mass is 9.89. The second-order valence-electron chi connectivity index (χ2n) is 8.19. The number of fused-ring (bicyclic) bond motifs is 1. The number of aliphatic hydroxyl groups is 1. The van der Waals surface area contributed by atoms with Gasteiger partial charge in [0, 0.05) is 43.7 Å². The highest BCUT2D eigenvalue weighted by Gasteiger charge is 2.39. The van der Waals surface area contributed by atoms with Crippen LogP contribution in [0.15, 0.2) is 18.2 Å². The maximum atomic E-state index is 12.7. The predicted molar refractivity (Wildman–Crippen MR) is 101 cm³/mol. The molecular formula is C20H26N4O4. The molecule has 8 heteroatoms. The number of carbonyl (C=O) groups is 3. The molecule has 4 rings (SSSR count). The van der Waals surface area contributed by atoms with Crippen molar-refractivity contribution in [3.8, 4) is 0 Å². The lowest BCUT2D eigenvalue weighted by Gasteiger charge is -2.38. The Morgan fingerprint density at radius 3 is 2.64 bits per heavy atom. The van der Waals surface area contributed by atoms with Gasteiger partial charge in [-0.25, -0.2) is 0 Å². The predicted octanol–water partition coefficient (Wildman–Crippen LogP) is -0.267. The highest BCUT2D eigenvalue weighted by Crippen LogP contribution is 2.29. The number of nitrogens with two attached hydrogens (primary N) is 1. The zero-order valence-electron chi connectivity index (χ0n) is 15.8. The number of hydrogen-bond acceptors (Lipinski definition) is 6. The Balaban J connectivity index is 1.43. The molecule has 0 spiro atoms. The summed E-state index contributed by atoms with van der Waals surface area (Å²) in [5.74, 6) is -0.818. The highest BCUT2D eigenvalue weighted by atomic mass is 16.3. The van der Waals surface area contributed by atoms with Crippen LogP contribution in [0.3, 0.4) is 0 Å². The quantitative estimate of drug-likeness (QED) is 0.614. The topological polar surface area (TPSA) is 116 Å². The Kier molecular flexibility index (Phi) is 4.95. The van der Waals surface area contributed by atoms with Gasteiger partial charge >= 0.3 is 0 Å². The van der Waals surface area contributed by atoms with Crippen LogP contribution in [0, 0.1) is 0 Å². The van der Waals surface area contributed by atoms with E-state index in [1.807, 2.05) is 18.2 Å². The first-order chi connectivity index (χ1) is 13.4. The molecule has 0 aromatic heterocycles. The Morgan fingerprint density at radius 1 is 1.21 bits per heavy atom. The summed E-state index contributed by atoms with van der Waals surface area (Å²) in [6.07, 6.45) is 2.15. The van der Waals surface area contributed by atoms with Crippen LogP contribution in [-0.4, -0.2) is 63.9 Å². The molecule has 0 saturated carbocycles. The molecule has 3 aliphatic rings. The van der Waals surface area contributed by atoms with E-state index < -0.39 is 11.6 Å². The number of piperidine rings is 2. The second kappa shape index (κ2) is 7.27. The number of imide groups is 1. The third-order valence-electron chi connectivity index (χ3n) is 6.16. The van der Waals surface area contributed by atoms with E-state index >= 15 is 0 Å². The van der Waals surface area contributed by atoms with Crippen LogP contribution in [0.1, 0.15) is 47.2 Å². The summed E-state index contributed by atoms with van der Waals surface area (Å²) in [6.45, 7) is 2.83. The minimum atomic E-state index is -0.584. The monoisotopic (exact) mass is 386 g/mol. The Bertz CT molecular complexity index is 816. The van der Waals surface area contributed by atoms with Crippen molar-refractivity contribution < 1.29 is 19.5 Å². The van der Waals surface area contributed by atoms with Gasteiger partial charge in [0.25, 0.3) is 5.91 Å². The molecule has 28 heavy (non-hydrogen) atoms. The number of nitrogens with one attached hydrogen (secondary N) is 1. The maximum absolute atomic E-state index is 12.7. The van der Waals surface area contributed by atoms with Crippen LogP contribution in [0.25, 0.3) is 0 Å². The number of carbonyl (C=O) groups excluding carboxylic acids is 3. The third kappa shape index (κ3) is 3.55. The van der Waals surface area contributed by atoms with Gasteiger partial charge in [-0.1, -0.05) is 12.1 Å². The first-order valence-corrected chi connectivity index (χ1v) is 9.77. The van der Waals surface area contributed by atoms with Gasteiger partial charge < -0.3 is 15.7 Å². The van der Waals surface area contributed by atoms with Crippen molar-refractivity contribution in [1.29, 1.82) is 0 Å². The van der Waals surface area contributed by atoms with Crippen molar-refractivity contribution in [2.45, 2.75) is 50.4 Å². The molecule has 2 saturated heterocycles. The molecule has 3 aliphatic heterocycles. The standard InChI is InChI=1S/C20H26N4O4/c21-20(12-25)5-7-23(8-6-20)10-13-1-2-15-14(9-13)11-24(19(15)28)16-3-4-17(26)22-18(16)27/h1-2,9,16,25H,3-8,10-12,21H2,(H,22,26,27). The van der Waals surface area contributed by atoms with Crippen LogP contribution < -0.4 is 11.1 Å². The van der Waals surface area contributed by atoms with Gasteiger partial charge in [0.15, 0.2) is 0 Å². The van der Waals surface area contributed by atoms with Gasteiger partial charge in [-0.3, -0.25) is 24.6 Å². The van der Waals surface area contributed by atoms with E-state index in [0.29, 0.717) is 18.5 Å². The van der Waals surface area contributed by atoms with E-state index in [9.17, 15) is 19.5 Å². The fourth-order valence-electron chi connectivity index (χ4n) is 4.30. The van der Waals surface area contributed by atoms with Crippen molar-refractivity contribution in [1.82, 2.24) is 15.1 Å². The molecule has 0 radical (unpaired) electrons. The van der Waals surface area contributed by atoms with Crippen LogP contribution in [-0.2, 0) is 22.7 Å². The molecule has 4 N–H and O–H groups in total. The maximum Gasteiger partial charge on any atom is 0.255 e. The molecule has 1 unspecified atom stereocenters. The Labute approximate surface area is 163 Å². The summed E-state index contributed by atoms with van der Waals surface area (Å²) >= 11 is 0. The van der Waals surface area contributed by atoms with Crippen molar-refractivity contribution in [3.05, 3.63) is 34.9 Å². The van der Waals surface area contributed by atoms with E-state index in [1.54, 1.807) is 4.90 Å². The summed E-state index contributed by atoms with van der Waals surface area (Å²) in [7, 11) is 0. The molecule has 0 bridgehead atoms. The number of likely N-dealkylation sites (tertiary alicyclic amines) is 1. The van der Waals surface area contributed by atoms with E-state index in [2.05, 4.69) is 10.2 Å². The first kappa shape index (κ1) is 19.0. The van der Waals surface area contributed by atoms with E-state index in [-0.39, 0.29) is 30.7 Å². The van der Waals surface area contributed by atoms with E-state index in [4.69, 9.17) is 5.73 Å². The first-order valence-electron chi connectivity index (χ1n) is 9.77. The number of aliphatic hydroxyl groups excluding tert-OH is 1.